The van der Waals surface area contributed by atoms with Gasteiger partial charge in [-0.15, -0.1) is 0 Å². The topological polar surface area (TPSA) is 131 Å². The van der Waals surface area contributed by atoms with E-state index in [1.807, 2.05) is 0 Å². The molecule has 1 atom stereocenters. The van der Waals surface area contributed by atoms with Crippen LogP contribution in [-0.2, 0) is 4.74 Å². The third-order valence-corrected chi connectivity index (χ3v) is 3.40. The van der Waals surface area contributed by atoms with Gasteiger partial charge in [0.25, 0.3) is 0 Å². The maximum absolute atomic E-state index is 8.09. The van der Waals surface area contributed by atoms with Crippen molar-refractivity contribution in [2.75, 3.05) is 65.7 Å². The predicted molar refractivity (Wildman–Crippen MR) is 96.2 cm³/mol. The molecule has 0 aliphatic carbocycles. The summed E-state index contributed by atoms with van der Waals surface area (Å²) in [6.07, 6.45) is 4.61. The zero-order chi connectivity index (χ0) is 17.8. The van der Waals surface area contributed by atoms with Crippen molar-refractivity contribution in [1.82, 2.24) is 4.90 Å². The Bertz CT molecular complexity index is 200. The molecule has 142 valence electrons. The molecule has 7 nitrogen and oxygen atoms in total. The first kappa shape index (κ1) is 25.0. The van der Waals surface area contributed by atoms with E-state index in [-0.39, 0.29) is 13.2 Å². The molecule has 0 aromatic heterocycles. The third kappa shape index (κ3) is 21.7. The normalized spacial score (nSPS) is 12.1. The predicted octanol–water partition coefficient (Wildman–Crippen LogP) is -0.651. The van der Waals surface area contributed by atoms with Crippen molar-refractivity contribution in [2.24, 2.45) is 23.1 Å². The second kappa shape index (κ2) is 21.7. The highest BCUT2D eigenvalue weighted by Gasteiger charge is 2.05. The molecule has 0 rings (SSSR count). The molecule has 0 aromatic carbocycles. The Morgan fingerprint density at radius 2 is 1.35 bits per heavy atom. The highest BCUT2D eigenvalue weighted by atomic mass is 16.5. The van der Waals surface area contributed by atoms with E-state index in [1.165, 1.54) is 12.8 Å². The summed E-state index contributed by atoms with van der Waals surface area (Å²) >= 11 is 0. The Morgan fingerprint density at radius 3 is 1.74 bits per heavy atom. The van der Waals surface area contributed by atoms with Gasteiger partial charge in [0, 0.05) is 0 Å². The molecule has 8 N–H and O–H groups in total. The zero-order valence-corrected chi connectivity index (χ0v) is 15.0. The summed E-state index contributed by atoms with van der Waals surface area (Å²) in [7, 11) is 0. The van der Waals surface area contributed by atoms with Crippen LogP contribution in [0.2, 0.25) is 0 Å². The summed E-state index contributed by atoms with van der Waals surface area (Å²) in [5.41, 5.74) is 16.7. The van der Waals surface area contributed by atoms with Crippen LogP contribution in [0.5, 0.6) is 0 Å². The lowest BCUT2D eigenvalue weighted by atomic mass is 10.1. The summed E-state index contributed by atoms with van der Waals surface area (Å²) in [6, 6.07) is 0. The molecular formula is C16H40N4O3. The Labute approximate surface area is 142 Å². The number of hydrogen-bond donors (Lipinski definition) is 5. The van der Waals surface area contributed by atoms with Gasteiger partial charge in [0.15, 0.2) is 0 Å². The van der Waals surface area contributed by atoms with Crippen LogP contribution in [0.25, 0.3) is 0 Å². The largest absolute Gasteiger partial charge is 0.394 e. The smallest absolute Gasteiger partial charge is 0.0698 e. The molecule has 0 amide bonds. The molecular weight excluding hydrogens is 296 g/mol. The van der Waals surface area contributed by atoms with Gasteiger partial charge in [-0.3, -0.25) is 0 Å². The van der Waals surface area contributed by atoms with Crippen LogP contribution in [0.15, 0.2) is 0 Å². The van der Waals surface area contributed by atoms with E-state index in [0.29, 0.717) is 19.1 Å². The molecule has 0 heterocycles. The van der Waals surface area contributed by atoms with Crippen LogP contribution in [0.4, 0.5) is 0 Å². The van der Waals surface area contributed by atoms with Gasteiger partial charge in [-0.1, -0.05) is 6.92 Å². The lowest BCUT2D eigenvalue weighted by molar-refractivity contribution is 0.0650. The second-order valence-electron chi connectivity index (χ2n) is 5.67. The molecule has 0 radical (unpaired) electrons. The number of ether oxygens (including phenoxy) is 1. The summed E-state index contributed by atoms with van der Waals surface area (Å²) in [5.74, 6) is 0.644. The maximum atomic E-state index is 8.09. The Balaban J connectivity index is 0. The van der Waals surface area contributed by atoms with E-state index >= 15 is 0 Å². The third-order valence-electron chi connectivity index (χ3n) is 3.40. The van der Waals surface area contributed by atoms with Crippen molar-refractivity contribution in [2.45, 2.75) is 32.6 Å². The van der Waals surface area contributed by atoms with Crippen LogP contribution >= 0.6 is 0 Å². The number of nitrogens with two attached hydrogens (primary N) is 3. The lowest BCUT2D eigenvalue weighted by Gasteiger charge is -2.22. The van der Waals surface area contributed by atoms with E-state index < -0.39 is 0 Å². The van der Waals surface area contributed by atoms with Crippen molar-refractivity contribution in [1.29, 1.82) is 0 Å². The van der Waals surface area contributed by atoms with Gasteiger partial charge < -0.3 is 37.1 Å². The highest BCUT2D eigenvalue weighted by molar-refractivity contribution is 4.61. The van der Waals surface area contributed by atoms with Crippen LogP contribution in [0.3, 0.4) is 0 Å². The van der Waals surface area contributed by atoms with E-state index in [9.17, 15) is 0 Å². The molecule has 0 aliphatic rings. The number of rotatable bonds is 15. The van der Waals surface area contributed by atoms with Gasteiger partial charge in [0.2, 0.25) is 0 Å². The average molecular weight is 337 g/mol. The molecule has 23 heavy (non-hydrogen) atoms. The number of nitrogens with zero attached hydrogens (tertiary/aromatic N) is 1. The van der Waals surface area contributed by atoms with Gasteiger partial charge in [-0.25, -0.2) is 0 Å². The van der Waals surface area contributed by atoms with Crippen molar-refractivity contribution < 1.29 is 14.9 Å². The summed E-state index contributed by atoms with van der Waals surface area (Å²) in [5, 5.41) is 16.2. The van der Waals surface area contributed by atoms with E-state index in [4.69, 9.17) is 27.4 Å². The number of aliphatic hydroxyl groups excluding tert-OH is 2. The van der Waals surface area contributed by atoms with Crippen molar-refractivity contribution >= 4 is 0 Å². The minimum Gasteiger partial charge on any atom is -0.394 e. The molecule has 0 bridgehead atoms. The fourth-order valence-electron chi connectivity index (χ4n) is 1.98. The molecule has 0 spiro atoms. The zero-order valence-electron chi connectivity index (χ0n) is 15.0. The van der Waals surface area contributed by atoms with E-state index in [2.05, 4.69) is 16.6 Å². The van der Waals surface area contributed by atoms with Gasteiger partial charge in [0.1, 0.15) is 0 Å². The van der Waals surface area contributed by atoms with E-state index in [1.54, 1.807) is 0 Å². The summed E-state index contributed by atoms with van der Waals surface area (Å²) in [6.45, 7) is 8.62. The fraction of sp³-hybridized carbons (Fsp3) is 1.00. The molecule has 0 fully saturated rings. The lowest BCUT2D eigenvalue weighted by Crippen LogP contribution is -2.30. The summed E-state index contributed by atoms with van der Waals surface area (Å²) < 4.78 is 4.63. The highest BCUT2D eigenvalue weighted by Crippen LogP contribution is 2.05. The first-order valence-corrected chi connectivity index (χ1v) is 8.78. The number of aliphatic hydroxyl groups is 2. The quantitative estimate of drug-likeness (QED) is 0.251. The first-order valence-electron chi connectivity index (χ1n) is 8.78. The van der Waals surface area contributed by atoms with Crippen LogP contribution in [-0.4, -0.2) is 80.8 Å². The monoisotopic (exact) mass is 336 g/mol. The molecule has 1 unspecified atom stereocenters. The van der Waals surface area contributed by atoms with Crippen molar-refractivity contribution in [3.63, 3.8) is 0 Å². The fourth-order valence-corrected chi connectivity index (χ4v) is 1.98. The van der Waals surface area contributed by atoms with Crippen LogP contribution < -0.4 is 17.2 Å². The second-order valence-corrected chi connectivity index (χ2v) is 5.67. The van der Waals surface area contributed by atoms with Gasteiger partial charge in [-0.2, -0.15) is 0 Å². The Morgan fingerprint density at radius 1 is 0.870 bits per heavy atom. The standard InChI is InChI=1S/C12H30N4.C4H10O3/c1-12(11-15)5-2-8-16(9-3-6-13)10-4-7-14;5-1-3-7-4-2-6/h12H,2-11,13-15H2,1H3;5-6H,1-4H2. The molecule has 0 saturated carbocycles. The molecule has 0 aliphatic heterocycles. The SMILES string of the molecule is CC(CN)CCCN(CCCN)CCCN.OCCOCCO. The minimum atomic E-state index is 0.0278. The van der Waals surface area contributed by atoms with Crippen molar-refractivity contribution in [3.05, 3.63) is 0 Å². The molecule has 0 saturated heterocycles. The maximum Gasteiger partial charge on any atom is 0.0698 e. The minimum absolute atomic E-state index is 0.0278. The van der Waals surface area contributed by atoms with Gasteiger partial charge in [-0.05, 0) is 70.9 Å². The number of hydrogen-bond acceptors (Lipinski definition) is 7. The average Bonchev–Trinajstić information content (AvgIpc) is 2.57. The first-order chi connectivity index (χ1) is 11.2. The summed E-state index contributed by atoms with van der Waals surface area (Å²) in [4.78, 5) is 2.48. The molecule has 0 aromatic rings. The van der Waals surface area contributed by atoms with E-state index in [0.717, 1.165) is 52.1 Å². The van der Waals surface area contributed by atoms with Crippen LogP contribution in [0.1, 0.15) is 32.6 Å². The molecule has 7 heteroatoms. The van der Waals surface area contributed by atoms with Gasteiger partial charge in [0.05, 0.1) is 26.4 Å². The Kier molecular flexibility index (Phi) is 23.6. The van der Waals surface area contributed by atoms with Crippen molar-refractivity contribution in [3.8, 4) is 0 Å². The Hall–Kier alpha value is -0.280. The van der Waals surface area contributed by atoms with Gasteiger partial charge >= 0.3 is 0 Å². The van der Waals surface area contributed by atoms with Crippen LogP contribution in [0, 0.1) is 5.92 Å².